The van der Waals surface area contributed by atoms with E-state index in [1.54, 1.807) is 6.07 Å². The molecule has 0 unspecified atom stereocenters. The van der Waals surface area contributed by atoms with E-state index in [1.807, 2.05) is 32.9 Å². The van der Waals surface area contributed by atoms with Gasteiger partial charge in [-0.2, -0.15) is 0 Å². The zero-order chi connectivity index (χ0) is 15.4. The van der Waals surface area contributed by atoms with Crippen LogP contribution in [0.15, 0.2) is 18.2 Å². The number of nitrogens with zero attached hydrogens (tertiary/aromatic N) is 1. The Morgan fingerprint density at radius 2 is 2.10 bits per heavy atom. The average molecular weight is 300 g/mol. The van der Waals surface area contributed by atoms with Crippen molar-refractivity contribution in [3.05, 3.63) is 44.8 Å². The second kappa shape index (κ2) is 6.53. The van der Waals surface area contributed by atoms with E-state index < -0.39 is 0 Å². The zero-order valence-corrected chi connectivity index (χ0v) is 13.0. The number of carbonyl (C=O) groups excluding carboxylic acids is 1. The number of aromatic nitrogens is 1. The molecule has 0 aliphatic heterocycles. The van der Waals surface area contributed by atoms with Gasteiger partial charge in [-0.1, -0.05) is 11.8 Å². The van der Waals surface area contributed by atoms with Crippen LogP contribution in [0.3, 0.4) is 0 Å². The number of amides is 1. The summed E-state index contributed by atoms with van der Waals surface area (Å²) in [5.74, 6) is 5.79. The van der Waals surface area contributed by atoms with Gasteiger partial charge in [-0.05, 0) is 50.1 Å². The quantitative estimate of drug-likeness (QED) is 0.838. The van der Waals surface area contributed by atoms with Crippen molar-refractivity contribution in [1.29, 1.82) is 0 Å². The van der Waals surface area contributed by atoms with Crippen LogP contribution < -0.4 is 5.32 Å². The van der Waals surface area contributed by atoms with Gasteiger partial charge in [0, 0.05) is 5.69 Å². The minimum atomic E-state index is -0.197. The lowest BCUT2D eigenvalue weighted by Gasteiger charge is -2.05. The van der Waals surface area contributed by atoms with E-state index in [1.165, 1.54) is 11.3 Å². The van der Waals surface area contributed by atoms with Gasteiger partial charge >= 0.3 is 0 Å². The molecule has 2 N–H and O–H groups in total. The Bertz CT molecular complexity index is 718. The molecule has 4 nitrogen and oxygen atoms in total. The summed E-state index contributed by atoms with van der Waals surface area (Å²) in [6.07, 6.45) is 0. The molecule has 0 radical (unpaired) electrons. The Morgan fingerprint density at radius 3 is 2.76 bits per heavy atom. The van der Waals surface area contributed by atoms with E-state index in [9.17, 15) is 4.79 Å². The monoisotopic (exact) mass is 300 g/mol. The van der Waals surface area contributed by atoms with E-state index in [4.69, 9.17) is 5.11 Å². The van der Waals surface area contributed by atoms with Gasteiger partial charge in [0.15, 0.2) is 0 Å². The molecule has 0 aliphatic rings. The van der Waals surface area contributed by atoms with Crippen LogP contribution in [0.5, 0.6) is 0 Å². The van der Waals surface area contributed by atoms with E-state index in [2.05, 4.69) is 22.1 Å². The second-order valence-corrected chi connectivity index (χ2v) is 5.76. The Labute approximate surface area is 127 Å². The van der Waals surface area contributed by atoms with E-state index >= 15 is 0 Å². The molecule has 1 amide bonds. The molecule has 2 aromatic heterocycles. The number of anilines is 1. The Hall–Kier alpha value is -2.16. The van der Waals surface area contributed by atoms with Gasteiger partial charge in [0.25, 0.3) is 5.91 Å². The molecule has 0 aromatic carbocycles. The lowest BCUT2D eigenvalue weighted by Crippen LogP contribution is -2.11. The summed E-state index contributed by atoms with van der Waals surface area (Å²) < 4.78 is 0. The van der Waals surface area contributed by atoms with Gasteiger partial charge < -0.3 is 10.4 Å². The van der Waals surface area contributed by atoms with Crippen LogP contribution in [0.25, 0.3) is 0 Å². The second-order valence-electron chi connectivity index (χ2n) is 4.71. The fourth-order valence-corrected chi connectivity index (χ4v) is 2.86. The number of aliphatic hydroxyl groups excluding tert-OH is 1. The third-order valence-electron chi connectivity index (χ3n) is 2.76. The number of aryl methyl sites for hydroxylation is 3. The van der Waals surface area contributed by atoms with Gasteiger partial charge in [-0.3, -0.25) is 4.79 Å². The minimum absolute atomic E-state index is 0.189. The van der Waals surface area contributed by atoms with Crippen molar-refractivity contribution in [3.8, 4) is 11.8 Å². The predicted molar refractivity (Wildman–Crippen MR) is 84.7 cm³/mol. The molecule has 21 heavy (non-hydrogen) atoms. The molecule has 2 heterocycles. The number of carbonyl (C=O) groups is 1. The van der Waals surface area contributed by atoms with E-state index in [0.29, 0.717) is 10.7 Å². The highest BCUT2D eigenvalue weighted by molar-refractivity contribution is 7.14. The van der Waals surface area contributed by atoms with Gasteiger partial charge in [0.1, 0.15) is 12.4 Å². The Kier molecular flexibility index (Phi) is 4.73. The number of thiophene rings is 1. The molecule has 2 aromatic rings. The lowest BCUT2D eigenvalue weighted by molar-refractivity contribution is 0.103. The average Bonchev–Trinajstić information content (AvgIpc) is 2.76. The van der Waals surface area contributed by atoms with Crippen LogP contribution in [-0.4, -0.2) is 22.6 Å². The van der Waals surface area contributed by atoms with Crippen LogP contribution in [-0.2, 0) is 0 Å². The Morgan fingerprint density at radius 1 is 1.33 bits per heavy atom. The number of pyridine rings is 1. The maximum absolute atomic E-state index is 12.2. The maximum atomic E-state index is 12.2. The molecule has 0 spiro atoms. The number of hydrogen-bond acceptors (Lipinski definition) is 4. The van der Waals surface area contributed by atoms with Gasteiger partial charge in [-0.25, -0.2) is 4.98 Å². The number of aliphatic hydroxyl groups is 1. The molecule has 5 heteroatoms. The first kappa shape index (κ1) is 15.2. The van der Waals surface area contributed by atoms with Gasteiger partial charge in [0.2, 0.25) is 0 Å². The molecule has 0 fully saturated rings. The molecule has 0 bridgehead atoms. The summed E-state index contributed by atoms with van der Waals surface area (Å²) in [5.41, 5.74) is 2.84. The minimum Gasteiger partial charge on any atom is -0.384 e. The van der Waals surface area contributed by atoms with Gasteiger partial charge in [-0.15, -0.1) is 11.3 Å². The Balaban J connectivity index is 2.20. The first-order chi connectivity index (χ1) is 9.99. The summed E-state index contributed by atoms with van der Waals surface area (Å²) in [6.45, 7) is 5.55. The molecule has 0 atom stereocenters. The fourth-order valence-electron chi connectivity index (χ4n) is 1.92. The third kappa shape index (κ3) is 3.91. The SMILES string of the molecule is Cc1cc(C)nc(NC(=O)c2cc(C)c(C#CCO)s2)c1. The fraction of sp³-hybridized carbons (Fsp3) is 0.250. The highest BCUT2D eigenvalue weighted by Gasteiger charge is 2.12. The predicted octanol–water partition coefficient (Wildman–Crippen LogP) is 2.66. The molecule has 0 saturated carbocycles. The summed E-state index contributed by atoms with van der Waals surface area (Å²) in [4.78, 5) is 17.9. The topological polar surface area (TPSA) is 62.2 Å². The maximum Gasteiger partial charge on any atom is 0.266 e. The zero-order valence-electron chi connectivity index (χ0n) is 12.2. The van der Waals surface area contributed by atoms with Crippen molar-refractivity contribution >= 4 is 23.1 Å². The number of hydrogen-bond donors (Lipinski definition) is 2. The van der Waals surface area contributed by atoms with Crippen molar-refractivity contribution in [2.45, 2.75) is 20.8 Å². The lowest BCUT2D eigenvalue weighted by atomic mass is 10.2. The van der Waals surface area contributed by atoms with E-state index in [0.717, 1.165) is 21.7 Å². The summed E-state index contributed by atoms with van der Waals surface area (Å²) in [5, 5.41) is 11.5. The summed E-state index contributed by atoms with van der Waals surface area (Å²) >= 11 is 1.31. The summed E-state index contributed by atoms with van der Waals surface area (Å²) in [6, 6.07) is 5.58. The number of nitrogens with one attached hydrogen (secondary N) is 1. The van der Waals surface area contributed by atoms with Crippen molar-refractivity contribution in [2.24, 2.45) is 0 Å². The first-order valence-electron chi connectivity index (χ1n) is 6.46. The van der Waals surface area contributed by atoms with Crippen LogP contribution in [0.4, 0.5) is 5.82 Å². The molecule has 2 rings (SSSR count). The van der Waals surface area contributed by atoms with Crippen LogP contribution in [0, 0.1) is 32.6 Å². The normalized spacial score (nSPS) is 9.90. The molecular formula is C16H16N2O2S. The molecule has 0 aliphatic carbocycles. The molecule has 0 saturated heterocycles. The van der Waals surface area contributed by atoms with Crippen molar-refractivity contribution < 1.29 is 9.90 Å². The van der Waals surface area contributed by atoms with Gasteiger partial charge in [0.05, 0.1) is 9.75 Å². The summed E-state index contributed by atoms with van der Waals surface area (Å²) in [7, 11) is 0. The highest BCUT2D eigenvalue weighted by Crippen LogP contribution is 2.22. The molecular weight excluding hydrogens is 284 g/mol. The van der Waals surface area contributed by atoms with Crippen molar-refractivity contribution in [1.82, 2.24) is 4.98 Å². The largest absolute Gasteiger partial charge is 0.384 e. The van der Waals surface area contributed by atoms with Crippen molar-refractivity contribution in [3.63, 3.8) is 0 Å². The smallest absolute Gasteiger partial charge is 0.266 e. The van der Waals surface area contributed by atoms with Crippen LogP contribution in [0.2, 0.25) is 0 Å². The van der Waals surface area contributed by atoms with Crippen molar-refractivity contribution in [2.75, 3.05) is 11.9 Å². The van der Waals surface area contributed by atoms with Crippen LogP contribution >= 0.6 is 11.3 Å². The highest BCUT2D eigenvalue weighted by atomic mass is 32.1. The van der Waals surface area contributed by atoms with E-state index in [-0.39, 0.29) is 12.5 Å². The number of rotatable bonds is 2. The molecule has 108 valence electrons. The first-order valence-corrected chi connectivity index (χ1v) is 7.28. The standard InChI is InChI=1S/C16H16N2O2S/c1-10-7-12(3)17-15(8-10)18-16(20)14-9-11(2)13(21-14)5-4-6-19/h7-9,19H,6H2,1-3H3,(H,17,18,20). The van der Waals surface area contributed by atoms with Crippen LogP contribution in [0.1, 0.15) is 31.4 Å². The third-order valence-corrected chi connectivity index (χ3v) is 3.91.